The molecule has 0 atom stereocenters. The molecule has 3 nitrogen and oxygen atoms in total. The Morgan fingerprint density at radius 2 is 0.774 bits per heavy atom. The van der Waals surface area contributed by atoms with E-state index in [9.17, 15) is 0 Å². The summed E-state index contributed by atoms with van der Waals surface area (Å²) in [6.07, 6.45) is 0. The first-order chi connectivity index (χ1) is 41.7. The van der Waals surface area contributed by atoms with E-state index in [1.54, 1.807) is 0 Å². The van der Waals surface area contributed by atoms with Gasteiger partial charge < -0.3 is 14.5 Å². The van der Waals surface area contributed by atoms with Crippen LogP contribution in [0, 0.1) is 0 Å². The lowest BCUT2D eigenvalue weighted by Crippen LogP contribution is -2.34. The van der Waals surface area contributed by atoms with Crippen molar-refractivity contribution in [1.82, 2.24) is 0 Å². The van der Waals surface area contributed by atoms with E-state index in [1.165, 1.54) is 81.4 Å². The van der Waals surface area contributed by atoms with Crippen LogP contribution in [0.1, 0.15) is 44.5 Å². The first-order valence-electron chi connectivity index (χ1n) is 28.9. The highest BCUT2D eigenvalue weighted by Gasteiger charge is 2.55. The lowest BCUT2D eigenvalue weighted by molar-refractivity contribution is 0.437. The summed E-state index contributed by atoms with van der Waals surface area (Å²) in [7, 11) is 0. The standard InChI is InChI=1S/C80H52N2OS/c1-7-25-53(26-8-1)61-39-23-40-66-65-48-46-60(50-76(65)84-78(61)66)81(56-31-13-4-14-32-56)59-45-47-64-67-51-75-73(52-72(67)79(71(64)49-59,54-27-9-2-10-28-54)55-29-11-3-12-30-55)80(68-41-21-19-37-62(68)63-38-20-22-42-69(63)80)70-43-24-44-74(77(70)83-75)82(57-33-15-5-16-34-57)58-35-17-6-18-36-58/h1-52H. The van der Waals surface area contributed by atoms with E-state index in [1.807, 2.05) is 11.3 Å². The van der Waals surface area contributed by atoms with Gasteiger partial charge in [-0.15, -0.1) is 11.3 Å². The molecule has 14 aromatic rings. The van der Waals surface area contributed by atoms with Crippen LogP contribution in [-0.2, 0) is 10.8 Å². The summed E-state index contributed by atoms with van der Waals surface area (Å²) in [6.45, 7) is 0. The van der Waals surface area contributed by atoms with Gasteiger partial charge in [-0.05, 0) is 146 Å². The van der Waals surface area contributed by atoms with Crippen LogP contribution in [0.3, 0.4) is 0 Å². The molecule has 4 heteroatoms. The average Bonchev–Trinajstić information content (AvgIpc) is 1.56. The Labute approximate surface area is 492 Å². The number of hydrogen-bond donors (Lipinski definition) is 0. The van der Waals surface area contributed by atoms with Crippen molar-refractivity contribution < 1.29 is 4.74 Å². The predicted molar refractivity (Wildman–Crippen MR) is 349 cm³/mol. The lowest BCUT2D eigenvalue weighted by Gasteiger charge is -2.42. The van der Waals surface area contributed by atoms with Gasteiger partial charge in [0.2, 0.25) is 0 Å². The van der Waals surface area contributed by atoms with Gasteiger partial charge in [-0.25, -0.2) is 0 Å². The molecule has 1 spiro atoms. The van der Waals surface area contributed by atoms with E-state index in [0.29, 0.717) is 0 Å². The number of ether oxygens (including phenoxy) is 1. The molecule has 0 saturated carbocycles. The van der Waals surface area contributed by atoms with Crippen molar-refractivity contribution >= 4 is 65.6 Å². The van der Waals surface area contributed by atoms with Gasteiger partial charge in [-0.3, -0.25) is 0 Å². The van der Waals surface area contributed by atoms with Crippen LogP contribution in [0.15, 0.2) is 315 Å². The molecule has 0 unspecified atom stereocenters. The number of fused-ring (bicyclic) bond motifs is 15. The van der Waals surface area contributed by atoms with E-state index in [2.05, 4.69) is 325 Å². The van der Waals surface area contributed by atoms with Crippen molar-refractivity contribution in [2.45, 2.75) is 10.8 Å². The summed E-state index contributed by atoms with van der Waals surface area (Å²) in [6, 6.07) is 116. The van der Waals surface area contributed by atoms with E-state index in [4.69, 9.17) is 4.74 Å². The number of hydrogen-bond acceptors (Lipinski definition) is 4. The van der Waals surface area contributed by atoms with Crippen LogP contribution < -0.4 is 14.5 Å². The van der Waals surface area contributed by atoms with Crippen LogP contribution in [0.2, 0.25) is 0 Å². The minimum absolute atomic E-state index is 0.762. The Hall–Kier alpha value is -10.5. The van der Waals surface area contributed by atoms with Gasteiger partial charge in [0.25, 0.3) is 0 Å². The van der Waals surface area contributed by atoms with Crippen molar-refractivity contribution in [3.05, 3.63) is 360 Å². The molecule has 394 valence electrons. The Kier molecular flexibility index (Phi) is 10.9. The highest BCUT2D eigenvalue weighted by Crippen LogP contribution is 2.67. The highest BCUT2D eigenvalue weighted by atomic mass is 32.1. The quantitative estimate of drug-likeness (QED) is 0.143. The zero-order valence-corrected chi connectivity index (χ0v) is 46.5. The monoisotopic (exact) mass is 1090 g/mol. The summed E-state index contributed by atoms with van der Waals surface area (Å²) in [4.78, 5) is 4.80. The number of thiophene rings is 1. The summed E-state index contributed by atoms with van der Waals surface area (Å²) < 4.78 is 10.3. The van der Waals surface area contributed by atoms with Gasteiger partial charge in [0.1, 0.15) is 5.75 Å². The van der Waals surface area contributed by atoms with Crippen LogP contribution in [0.5, 0.6) is 11.5 Å². The molecule has 3 aliphatic rings. The Bertz CT molecular complexity index is 4740. The average molecular weight is 1090 g/mol. The second-order valence-electron chi connectivity index (χ2n) is 22.2. The fraction of sp³-hybridized carbons (Fsp3) is 0.0250. The van der Waals surface area contributed by atoms with Crippen LogP contribution >= 0.6 is 11.3 Å². The summed E-state index contributed by atoms with van der Waals surface area (Å²) in [5.74, 6) is 1.67. The molecule has 0 saturated heterocycles. The number of rotatable bonds is 9. The van der Waals surface area contributed by atoms with Gasteiger partial charge in [0, 0.05) is 59.7 Å². The number of anilines is 6. The lowest BCUT2D eigenvalue weighted by atomic mass is 9.63. The van der Waals surface area contributed by atoms with Gasteiger partial charge >= 0.3 is 0 Å². The summed E-state index contributed by atoms with van der Waals surface area (Å²) in [5, 5.41) is 2.54. The zero-order chi connectivity index (χ0) is 55.3. The van der Waals surface area contributed by atoms with Crippen LogP contribution in [0.25, 0.3) is 53.6 Å². The van der Waals surface area contributed by atoms with Gasteiger partial charge in [-0.1, -0.05) is 237 Å². The number of benzene rings is 13. The molecule has 0 amide bonds. The molecule has 1 aromatic heterocycles. The molecule has 0 N–H and O–H groups in total. The Morgan fingerprint density at radius 3 is 1.40 bits per heavy atom. The fourth-order valence-electron chi connectivity index (χ4n) is 14.6. The van der Waals surface area contributed by atoms with E-state index in [0.717, 1.165) is 62.3 Å². The first kappa shape index (κ1) is 48.2. The molecule has 17 rings (SSSR count). The number of nitrogens with zero attached hydrogens (tertiary/aromatic N) is 2. The molecule has 0 fully saturated rings. The number of para-hydroxylation sites is 4. The highest BCUT2D eigenvalue weighted by molar-refractivity contribution is 7.26. The Morgan fingerprint density at radius 1 is 0.286 bits per heavy atom. The van der Waals surface area contributed by atoms with Crippen molar-refractivity contribution in [3.63, 3.8) is 0 Å². The molecule has 1 aliphatic heterocycles. The van der Waals surface area contributed by atoms with Gasteiger partial charge in [0.15, 0.2) is 5.75 Å². The minimum Gasteiger partial charge on any atom is -0.454 e. The second kappa shape index (κ2) is 19.0. The third kappa shape index (κ3) is 6.98. The molecular weight excluding hydrogens is 1040 g/mol. The third-order valence-electron chi connectivity index (χ3n) is 18.0. The van der Waals surface area contributed by atoms with Gasteiger partial charge in [-0.2, -0.15) is 0 Å². The van der Waals surface area contributed by atoms with Gasteiger partial charge in [0.05, 0.1) is 16.5 Å². The van der Waals surface area contributed by atoms with Crippen molar-refractivity contribution in [2.24, 2.45) is 0 Å². The molecule has 0 radical (unpaired) electrons. The van der Waals surface area contributed by atoms with Crippen molar-refractivity contribution in [1.29, 1.82) is 0 Å². The van der Waals surface area contributed by atoms with Crippen molar-refractivity contribution in [2.75, 3.05) is 9.80 Å². The normalized spacial score (nSPS) is 13.5. The van der Waals surface area contributed by atoms with E-state index in [-0.39, 0.29) is 0 Å². The maximum Gasteiger partial charge on any atom is 0.156 e. The fourth-order valence-corrected chi connectivity index (χ4v) is 15.8. The summed E-state index contributed by atoms with van der Waals surface area (Å²) >= 11 is 1.88. The largest absolute Gasteiger partial charge is 0.454 e. The van der Waals surface area contributed by atoms with E-state index < -0.39 is 10.8 Å². The third-order valence-corrected chi connectivity index (χ3v) is 19.2. The first-order valence-corrected chi connectivity index (χ1v) is 29.7. The molecule has 2 heterocycles. The van der Waals surface area contributed by atoms with Crippen molar-refractivity contribution in [3.8, 4) is 44.9 Å². The topological polar surface area (TPSA) is 15.7 Å². The molecular formula is C80H52N2OS. The SMILES string of the molecule is c1ccc(-c2cccc3c2sc2cc(N(c4ccccc4)c4ccc5c(c4)C(c4ccccc4)(c4ccccc4)c4cc6c(cc4-5)Oc4c(N(c5ccccc5)c5ccccc5)cccc4C64c5ccccc5-c5ccccc54)ccc23)cc1. The van der Waals surface area contributed by atoms with Crippen LogP contribution in [0.4, 0.5) is 34.1 Å². The Balaban J connectivity index is 0.932. The molecule has 2 aliphatic carbocycles. The maximum absolute atomic E-state index is 7.79. The van der Waals surface area contributed by atoms with E-state index >= 15 is 0 Å². The molecule has 84 heavy (non-hydrogen) atoms. The summed E-state index contributed by atoms with van der Waals surface area (Å²) in [5.41, 5.74) is 21.6. The predicted octanol–water partition coefficient (Wildman–Crippen LogP) is 21.5. The minimum atomic E-state index is -0.767. The maximum atomic E-state index is 7.79. The second-order valence-corrected chi connectivity index (χ2v) is 23.3. The molecule has 0 bridgehead atoms. The molecule has 13 aromatic carbocycles. The zero-order valence-electron chi connectivity index (χ0n) is 45.7. The van der Waals surface area contributed by atoms with Crippen LogP contribution in [-0.4, -0.2) is 0 Å². The smallest absolute Gasteiger partial charge is 0.156 e.